The standard InChI is InChI=1S/C32H27Cl2N5O3S/c1-19(2)13-14-42-26-12-9-20(15-27(26)41-3)29-21(18-38(36-29)23-7-5-4-6-8-23)16-28-31(40)39-32(43-28)35-30(37-39)24-11-10-22(33)17-25(24)34/h4-12,15-19H,13-14H2,1-3H3/b28-16-. The lowest BCUT2D eigenvalue weighted by molar-refractivity contribution is 0.273. The zero-order valence-corrected chi connectivity index (χ0v) is 26.0. The molecule has 0 aliphatic heterocycles. The van der Waals surface area contributed by atoms with Gasteiger partial charge in [0.15, 0.2) is 17.3 Å². The Bertz CT molecular complexity index is 2040. The van der Waals surface area contributed by atoms with Crippen LogP contribution in [-0.2, 0) is 0 Å². The molecule has 3 heterocycles. The molecule has 218 valence electrons. The Balaban J connectivity index is 1.43. The summed E-state index contributed by atoms with van der Waals surface area (Å²) in [7, 11) is 1.62. The number of para-hydroxylation sites is 1. The summed E-state index contributed by atoms with van der Waals surface area (Å²) in [5, 5.41) is 10.3. The van der Waals surface area contributed by atoms with E-state index in [9.17, 15) is 4.79 Å². The minimum atomic E-state index is -0.284. The van der Waals surface area contributed by atoms with E-state index in [-0.39, 0.29) is 5.56 Å². The van der Waals surface area contributed by atoms with Crippen LogP contribution in [0.4, 0.5) is 0 Å². The van der Waals surface area contributed by atoms with Gasteiger partial charge in [-0.25, -0.2) is 4.68 Å². The van der Waals surface area contributed by atoms with Crippen LogP contribution < -0.4 is 19.6 Å². The van der Waals surface area contributed by atoms with Crippen molar-refractivity contribution in [3.05, 3.63) is 103 Å². The van der Waals surface area contributed by atoms with Gasteiger partial charge in [0, 0.05) is 27.9 Å². The van der Waals surface area contributed by atoms with Gasteiger partial charge in [0.05, 0.1) is 29.0 Å². The minimum absolute atomic E-state index is 0.284. The molecule has 0 aliphatic carbocycles. The van der Waals surface area contributed by atoms with Crippen LogP contribution in [0, 0.1) is 5.92 Å². The topological polar surface area (TPSA) is 83.5 Å². The van der Waals surface area contributed by atoms with Gasteiger partial charge in [0.2, 0.25) is 4.96 Å². The molecule has 0 saturated carbocycles. The van der Waals surface area contributed by atoms with Gasteiger partial charge in [-0.3, -0.25) is 4.79 Å². The third kappa shape index (κ3) is 6.01. The van der Waals surface area contributed by atoms with E-state index in [0.717, 1.165) is 23.2 Å². The van der Waals surface area contributed by atoms with Crippen molar-refractivity contribution in [3.8, 4) is 39.8 Å². The van der Waals surface area contributed by atoms with Crippen LogP contribution in [0.2, 0.25) is 10.0 Å². The smallest absolute Gasteiger partial charge is 0.291 e. The van der Waals surface area contributed by atoms with Gasteiger partial charge >= 0.3 is 0 Å². The van der Waals surface area contributed by atoms with Crippen LogP contribution in [0.3, 0.4) is 0 Å². The Hall–Kier alpha value is -4.18. The van der Waals surface area contributed by atoms with Gasteiger partial charge in [0.1, 0.15) is 5.69 Å². The monoisotopic (exact) mass is 631 g/mol. The van der Waals surface area contributed by atoms with Crippen molar-refractivity contribution in [1.29, 1.82) is 0 Å². The third-order valence-corrected chi connectivity index (χ3v) is 8.30. The first kappa shape index (κ1) is 28.9. The molecule has 43 heavy (non-hydrogen) atoms. The van der Waals surface area contributed by atoms with Crippen molar-refractivity contribution in [2.75, 3.05) is 13.7 Å². The number of methoxy groups -OCH3 is 1. The molecule has 0 atom stereocenters. The van der Waals surface area contributed by atoms with Crippen molar-refractivity contribution in [2.45, 2.75) is 20.3 Å². The van der Waals surface area contributed by atoms with E-state index in [1.54, 1.807) is 30.0 Å². The number of aromatic nitrogens is 5. The second-order valence-electron chi connectivity index (χ2n) is 10.3. The Morgan fingerprint density at radius 2 is 1.81 bits per heavy atom. The second kappa shape index (κ2) is 12.2. The molecule has 0 radical (unpaired) electrons. The number of hydrogen-bond acceptors (Lipinski definition) is 7. The summed E-state index contributed by atoms with van der Waals surface area (Å²) < 4.78 is 15.2. The summed E-state index contributed by atoms with van der Waals surface area (Å²) in [6.45, 7) is 4.92. The van der Waals surface area contributed by atoms with Crippen molar-refractivity contribution in [1.82, 2.24) is 24.4 Å². The number of fused-ring (bicyclic) bond motifs is 1. The molecular formula is C32H27Cl2N5O3S. The lowest BCUT2D eigenvalue weighted by Crippen LogP contribution is -2.23. The Morgan fingerprint density at radius 3 is 2.53 bits per heavy atom. The predicted molar refractivity (Wildman–Crippen MR) is 172 cm³/mol. The van der Waals surface area contributed by atoms with Gasteiger partial charge in [-0.1, -0.05) is 66.6 Å². The van der Waals surface area contributed by atoms with E-state index in [2.05, 4.69) is 23.9 Å². The highest BCUT2D eigenvalue weighted by Gasteiger charge is 2.18. The van der Waals surface area contributed by atoms with Gasteiger partial charge in [-0.2, -0.15) is 14.6 Å². The van der Waals surface area contributed by atoms with Crippen LogP contribution in [0.25, 0.3) is 39.4 Å². The van der Waals surface area contributed by atoms with Crippen LogP contribution in [0.1, 0.15) is 25.8 Å². The van der Waals surface area contributed by atoms with Crippen molar-refractivity contribution in [3.63, 3.8) is 0 Å². The SMILES string of the molecule is COc1cc(-c2nn(-c3ccccc3)cc2/C=c2\sc3nc(-c4ccc(Cl)cc4Cl)nn3c2=O)ccc1OCCC(C)C. The highest BCUT2D eigenvalue weighted by molar-refractivity contribution is 7.15. The molecule has 0 aliphatic rings. The first-order valence-electron chi connectivity index (χ1n) is 13.6. The van der Waals surface area contributed by atoms with Gasteiger partial charge in [-0.05, 0) is 66.9 Å². The Kier molecular flexibility index (Phi) is 8.21. The zero-order valence-electron chi connectivity index (χ0n) is 23.6. The van der Waals surface area contributed by atoms with E-state index in [0.29, 0.717) is 60.6 Å². The van der Waals surface area contributed by atoms with E-state index >= 15 is 0 Å². The Morgan fingerprint density at radius 1 is 1.00 bits per heavy atom. The molecule has 6 rings (SSSR count). The lowest BCUT2D eigenvalue weighted by Gasteiger charge is -2.13. The molecule has 11 heteroatoms. The fraction of sp³-hybridized carbons (Fsp3) is 0.188. The molecule has 0 unspecified atom stereocenters. The summed E-state index contributed by atoms with van der Waals surface area (Å²) in [5.74, 6) is 2.17. The lowest BCUT2D eigenvalue weighted by atomic mass is 10.1. The molecule has 6 aromatic rings. The van der Waals surface area contributed by atoms with Crippen LogP contribution in [-0.4, -0.2) is 38.1 Å². The van der Waals surface area contributed by atoms with Crippen molar-refractivity contribution < 1.29 is 9.47 Å². The van der Waals surface area contributed by atoms with E-state index in [1.165, 1.54) is 15.9 Å². The maximum Gasteiger partial charge on any atom is 0.291 e. The van der Waals surface area contributed by atoms with Gasteiger partial charge in [0.25, 0.3) is 5.56 Å². The van der Waals surface area contributed by atoms with Crippen LogP contribution in [0.15, 0.2) is 77.7 Å². The molecule has 3 aromatic heterocycles. The highest BCUT2D eigenvalue weighted by atomic mass is 35.5. The number of nitrogens with zero attached hydrogens (tertiary/aromatic N) is 5. The van der Waals surface area contributed by atoms with Crippen molar-refractivity contribution >= 4 is 45.6 Å². The molecule has 0 amide bonds. The zero-order chi connectivity index (χ0) is 30.1. The average Bonchev–Trinajstić information content (AvgIpc) is 3.68. The number of halogens is 2. The average molecular weight is 633 g/mol. The Labute approximate surface area is 261 Å². The van der Waals surface area contributed by atoms with Gasteiger partial charge in [-0.15, -0.1) is 5.10 Å². The second-order valence-corrected chi connectivity index (χ2v) is 12.1. The maximum atomic E-state index is 13.5. The van der Waals surface area contributed by atoms with Crippen molar-refractivity contribution in [2.24, 2.45) is 5.92 Å². The molecule has 3 aromatic carbocycles. The van der Waals surface area contributed by atoms with E-state index in [1.807, 2.05) is 60.8 Å². The molecule has 0 saturated heterocycles. The number of benzene rings is 3. The molecule has 8 nitrogen and oxygen atoms in total. The van der Waals surface area contributed by atoms with Crippen LogP contribution in [0.5, 0.6) is 11.5 Å². The first-order chi connectivity index (χ1) is 20.8. The van der Waals surface area contributed by atoms with E-state index < -0.39 is 0 Å². The molecule has 0 fully saturated rings. The fourth-order valence-corrected chi connectivity index (χ4v) is 5.92. The maximum absolute atomic E-state index is 13.5. The van der Waals surface area contributed by atoms with Crippen LogP contribution >= 0.6 is 34.5 Å². The van der Waals surface area contributed by atoms with Gasteiger partial charge < -0.3 is 9.47 Å². The van der Waals surface area contributed by atoms with E-state index in [4.69, 9.17) is 37.8 Å². The number of rotatable bonds is 9. The number of hydrogen-bond donors (Lipinski definition) is 0. The quantitative estimate of drug-likeness (QED) is 0.172. The summed E-state index contributed by atoms with van der Waals surface area (Å²) in [5.41, 5.74) is 3.46. The first-order valence-corrected chi connectivity index (χ1v) is 15.2. The number of thiazole rings is 1. The summed E-state index contributed by atoms with van der Waals surface area (Å²) in [6.07, 6.45) is 4.66. The highest BCUT2D eigenvalue weighted by Crippen LogP contribution is 2.34. The fourth-order valence-electron chi connectivity index (χ4n) is 4.53. The number of ether oxygens (including phenoxy) is 2. The summed E-state index contributed by atoms with van der Waals surface area (Å²) >= 11 is 13.6. The summed E-state index contributed by atoms with van der Waals surface area (Å²) in [6, 6.07) is 20.6. The molecule has 0 N–H and O–H groups in total. The third-order valence-electron chi connectivity index (χ3n) is 6.79. The largest absolute Gasteiger partial charge is 0.493 e. The molecule has 0 spiro atoms. The normalized spacial score (nSPS) is 12.0. The molecule has 0 bridgehead atoms. The molecular weight excluding hydrogens is 605 g/mol. The summed E-state index contributed by atoms with van der Waals surface area (Å²) in [4.78, 5) is 18.5. The predicted octanol–water partition coefficient (Wildman–Crippen LogP) is 6.96. The minimum Gasteiger partial charge on any atom is -0.493 e.